The molecule has 0 bridgehead atoms. The second kappa shape index (κ2) is 1.95. The first-order chi connectivity index (χ1) is 5.29. The third-order valence-corrected chi connectivity index (χ3v) is 1.72. The lowest BCUT2D eigenvalue weighted by atomic mass is 10.4. The van der Waals surface area contributed by atoms with E-state index >= 15 is 0 Å². The maximum atomic E-state index is 5.65. The molecule has 0 aromatic carbocycles. The third-order valence-electron chi connectivity index (χ3n) is 1.72. The summed E-state index contributed by atoms with van der Waals surface area (Å²) in [5.74, 6) is 0.561. The molecular formula is C7H9N4+. The predicted molar refractivity (Wildman–Crippen MR) is 41.7 cm³/mol. The molecule has 3 N–H and O–H groups in total. The van der Waals surface area contributed by atoms with E-state index in [0.29, 0.717) is 5.82 Å². The minimum atomic E-state index is 0.561. The van der Waals surface area contributed by atoms with Gasteiger partial charge in [-0.05, 0) is 0 Å². The number of imidazole rings is 1. The number of fused-ring (bicyclic) bond motifs is 1. The molecule has 4 heteroatoms. The second-order valence-corrected chi connectivity index (χ2v) is 2.48. The molecule has 2 aromatic rings. The van der Waals surface area contributed by atoms with E-state index in [9.17, 15) is 0 Å². The van der Waals surface area contributed by atoms with E-state index in [1.807, 2.05) is 24.0 Å². The van der Waals surface area contributed by atoms with Crippen LogP contribution in [-0.4, -0.2) is 9.97 Å². The number of nitrogens with zero attached hydrogens (tertiary/aromatic N) is 2. The molecule has 56 valence electrons. The Bertz CT molecular complexity index is 390. The number of nitrogen functional groups attached to an aromatic ring is 1. The topological polar surface area (TPSA) is 58.6 Å². The number of anilines is 1. The highest BCUT2D eigenvalue weighted by Crippen LogP contribution is 2.10. The fourth-order valence-corrected chi connectivity index (χ4v) is 1.19. The van der Waals surface area contributed by atoms with Crippen LogP contribution in [-0.2, 0) is 7.05 Å². The lowest BCUT2D eigenvalue weighted by Gasteiger charge is -1.90. The van der Waals surface area contributed by atoms with Crippen molar-refractivity contribution in [1.29, 1.82) is 0 Å². The van der Waals surface area contributed by atoms with Crippen molar-refractivity contribution in [1.82, 2.24) is 9.97 Å². The standard InChI is InChI=1S/C7H8N4/c1-11-4-10-5-2-3-9-7(8)6(5)11/h2-4H,1H3,(H2,8,9)/p+1. The molecule has 0 saturated carbocycles. The lowest BCUT2D eigenvalue weighted by molar-refractivity contribution is -0.644. The van der Waals surface area contributed by atoms with E-state index in [1.165, 1.54) is 0 Å². The molecule has 0 saturated heterocycles. The van der Waals surface area contributed by atoms with Crippen LogP contribution >= 0.6 is 0 Å². The van der Waals surface area contributed by atoms with Gasteiger partial charge in [0, 0.05) is 12.3 Å². The first kappa shape index (κ1) is 6.15. The van der Waals surface area contributed by atoms with E-state index in [1.54, 1.807) is 6.20 Å². The predicted octanol–water partition coefficient (Wildman–Crippen LogP) is -0.0304. The van der Waals surface area contributed by atoms with Crippen molar-refractivity contribution < 1.29 is 4.57 Å². The van der Waals surface area contributed by atoms with Gasteiger partial charge in [-0.3, -0.25) is 0 Å². The maximum Gasteiger partial charge on any atom is 0.242 e. The number of aromatic nitrogens is 3. The van der Waals surface area contributed by atoms with Gasteiger partial charge in [0.1, 0.15) is 0 Å². The number of nitrogens with one attached hydrogen (secondary N) is 1. The Morgan fingerprint density at radius 1 is 1.64 bits per heavy atom. The van der Waals surface area contributed by atoms with Crippen LogP contribution in [0, 0.1) is 0 Å². The van der Waals surface area contributed by atoms with Gasteiger partial charge < -0.3 is 5.73 Å². The van der Waals surface area contributed by atoms with E-state index in [2.05, 4.69) is 9.97 Å². The maximum absolute atomic E-state index is 5.65. The van der Waals surface area contributed by atoms with Crippen molar-refractivity contribution in [2.24, 2.45) is 7.05 Å². The van der Waals surface area contributed by atoms with E-state index in [4.69, 9.17) is 5.73 Å². The van der Waals surface area contributed by atoms with Crippen LogP contribution in [0.4, 0.5) is 5.82 Å². The Balaban J connectivity index is 2.96. The average Bonchev–Trinajstić information content (AvgIpc) is 2.34. The number of rotatable bonds is 0. The van der Waals surface area contributed by atoms with Crippen LogP contribution in [0.3, 0.4) is 0 Å². The number of aromatic amines is 1. The van der Waals surface area contributed by atoms with Crippen LogP contribution in [0.1, 0.15) is 0 Å². The molecule has 2 aromatic heterocycles. The Morgan fingerprint density at radius 2 is 2.45 bits per heavy atom. The second-order valence-electron chi connectivity index (χ2n) is 2.48. The zero-order chi connectivity index (χ0) is 7.84. The Morgan fingerprint density at radius 3 is 3.18 bits per heavy atom. The molecule has 0 radical (unpaired) electrons. The number of hydrogen-bond donors (Lipinski definition) is 2. The number of hydrogen-bond acceptors (Lipinski definition) is 2. The van der Waals surface area contributed by atoms with Crippen molar-refractivity contribution in [2.45, 2.75) is 0 Å². The molecule has 2 heterocycles. The highest BCUT2D eigenvalue weighted by Gasteiger charge is 2.08. The van der Waals surface area contributed by atoms with Gasteiger partial charge in [-0.15, -0.1) is 0 Å². The smallest absolute Gasteiger partial charge is 0.242 e. The van der Waals surface area contributed by atoms with Gasteiger partial charge in [0.15, 0.2) is 11.3 Å². The largest absolute Gasteiger partial charge is 0.380 e. The summed E-state index contributed by atoms with van der Waals surface area (Å²) in [5, 5.41) is 0. The van der Waals surface area contributed by atoms with Gasteiger partial charge >= 0.3 is 0 Å². The Hall–Kier alpha value is -1.58. The molecule has 0 unspecified atom stereocenters. The van der Waals surface area contributed by atoms with E-state index in [0.717, 1.165) is 11.0 Å². The van der Waals surface area contributed by atoms with Crippen molar-refractivity contribution in [3.8, 4) is 0 Å². The van der Waals surface area contributed by atoms with Gasteiger partial charge in [-0.2, -0.15) is 0 Å². The quantitative estimate of drug-likeness (QED) is 0.517. The third kappa shape index (κ3) is 0.756. The molecule has 0 aliphatic rings. The SMILES string of the molecule is C[n+]1c[nH]c2ccnc(N)c21. The monoisotopic (exact) mass is 149 g/mol. The molecule has 0 fully saturated rings. The van der Waals surface area contributed by atoms with Crippen LogP contribution < -0.4 is 10.3 Å². The molecule has 4 nitrogen and oxygen atoms in total. The van der Waals surface area contributed by atoms with Gasteiger partial charge in [-0.1, -0.05) is 0 Å². The van der Waals surface area contributed by atoms with E-state index < -0.39 is 0 Å². The summed E-state index contributed by atoms with van der Waals surface area (Å²) in [6, 6.07) is 1.89. The van der Waals surface area contributed by atoms with Crippen LogP contribution in [0.25, 0.3) is 11.0 Å². The minimum Gasteiger partial charge on any atom is -0.380 e. The molecular weight excluding hydrogens is 140 g/mol. The fraction of sp³-hybridized carbons (Fsp3) is 0.143. The van der Waals surface area contributed by atoms with Gasteiger partial charge in [0.25, 0.3) is 0 Å². The number of pyridine rings is 1. The molecule has 0 amide bonds. The summed E-state index contributed by atoms with van der Waals surface area (Å²) in [5.41, 5.74) is 7.61. The van der Waals surface area contributed by atoms with Crippen molar-refractivity contribution in [3.63, 3.8) is 0 Å². The van der Waals surface area contributed by atoms with Crippen LogP contribution in [0.15, 0.2) is 18.6 Å². The zero-order valence-electron chi connectivity index (χ0n) is 6.20. The lowest BCUT2D eigenvalue weighted by Crippen LogP contribution is -2.26. The van der Waals surface area contributed by atoms with Gasteiger partial charge in [0.2, 0.25) is 11.8 Å². The summed E-state index contributed by atoms with van der Waals surface area (Å²) in [4.78, 5) is 7.05. The zero-order valence-corrected chi connectivity index (χ0v) is 6.20. The molecule has 0 aliphatic carbocycles. The number of aryl methyl sites for hydroxylation is 1. The number of nitrogens with two attached hydrogens (primary N) is 1. The van der Waals surface area contributed by atoms with E-state index in [-0.39, 0.29) is 0 Å². The van der Waals surface area contributed by atoms with Gasteiger partial charge in [-0.25, -0.2) is 14.5 Å². The first-order valence-corrected chi connectivity index (χ1v) is 3.36. The fourth-order valence-electron chi connectivity index (χ4n) is 1.19. The Kier molecular flexibility index (Phi) is 1.09. The van der Waals surface area contributed by atoms with Crippen molar-refractivity contribution >= 4 is 16.9 Å². The highest BCUT2D eigenvalue weighted by molar-refractivity contribution is 5.80. The molecule has 11 heavy (non-hydrogen) atoms. The highest BCUT2D eigenvalue weighted by atomic mass is 15.0. The molecule has 2 rings (SSSR count). The average molecular weight is 149 g/mol. The van der Waals surface area contributed by atoms with Crippen LogP contribution in [0.5, 0.6) is 0 Å². The van der Waals surface area contributed by atoms with Crippen molar-refractivity contribution in [3.05, 3.63) is 18.6 Å². The summed E-state index contributed by atoms with van der Waals surface area (Å²) in [6.07, 6.45) is 3.54. The van der Waals surface area contributed by atoms with Crippen molar-refractivity contribution in [2.75, 3.05) is 5.73 Å². The summed E-state index contributed by atoms with van der Waals surface area (Å²) < 4.78 is 1.91. The normalized spacial score (nSPS) is 10.6. The molecule has 0 atom stereocenters. The summed E-state index contributed by atoms with van der Waals surface area (Å²) in [6.45, 7) is 0. The number of H-pyrrole nitrogens is 1. The van der Waals surface area contributed by atoms with Gasteiger partial charge in [0.05, 0.1) is 7.05 Å². The first-order valence-electron chi connectivity index (χ1n) is 3.36. The molecule has 0 spiro atoms. The minimum absolute atomic E-state index is 0.561. The Labute approximate surface area is 63.7 Å². The molecule has 0 aliphatic heterocycles. The summed E-state index contributed by atoms with van der Waals surface area (Å²) >= 11 is 0. The summed E-state index contributed by atoms with van der Waals surface area (Å²) in [7, 11) is 1.93. The van der Waals surface area contributed by atoms with Crippen LogP contribution in [0.2, 0.25) is 0 Å².